The highest BCUT2D eigenvalue weighted by atomic mass is 32.2. The zero-order chi connectivity index (χ0) is 18.3. The normalized spacial score (nSPS) is 20.7. The van der Waals surface area contributed by atoms with Crippen molar-refractivity contribution in [3.63, 3.8) is 0 Å². The third kappa shape index (κ3) is 3.02. The highest BCUT2D eigenvalue weighted by molar-refractivity contribution is 7.89. The Bertz CT molecular complexity index is 1050. The lowest BCUT2D eigenvalue weighted by atomic mass is 10.1. The lowest BCUT2D eigenvalue weighted by molar-refractivity contribution is 0.123. The van der Waals surface area contributed by atoms with Gasteiger partial charge in [0.05, 0.1) is 23.8 Å². The van der Waals surface area contributed by atoms with Crippen LogP contribution in [0.5, 0.6) is 6.01 Å². The quantitative estimate of drug-likeness (QED) is 0.697. The van der Waals surface area contributed by atoms with Crippen molar-refractivity contribution in [2.75, 3.05) is 6.61 Å². The van der Waals surface area contributed by atoms with Crippen LogP contribution in [0.15, 0.2) is 41.7 Å². The Morgan fingerprint density at radius 3 is 2.73 bits per heavy atom. The summed E-state index contributed by atoms with van der Waals surface area (Å²) in [5, 5.41) is 13.7. The summed E-state index contributed by atoms with van der Waals surface area (Å²) in [5.41, 5.74) is 1.83. The summed E-state index contributed by atoms with van der Waals surface area (Å²) in [6.45, 7) is 2.30. The number of nitrogens with zero attached hydrogens (tertiary/aromatic N) is 4. The molecule has 2 atom stereocenters. The minimum atomic E-state index is -3.62. The summed E-state index contributed by atoms with van der Waals surface area (Å²) in [4.78, 5) is 7.95. The molecule has 0 aliphatic carbocycles. The van der Waals surface area contributed by atoms with Gasteiger partial charge in [0.15, 0.2) is 5.65 Å². The predicted octanol–water partition coefficient (Wildman–Crippen LogP) is 0.953. The van der Waals surface area contributed by atoms with Crippen molar-refractivity contribution >= 4 is 15.7 Å². The summed E-state index contributed by atoms with van der Waals surface area (Å²) in [7, 11) is -3.62. The molecular formula is C16H17N5O4S. The second-order valence-electron chi connectivity index (χ2n) is 6.19. The fraction of sp³-hybridized carbons (Fsp3) is 0.312. The average Bonchev–Trinajstić information content (AvgIpc) is 3.22. The molecule has 0 spiro atoms. The molecule has 1 aromatic carbocycles. The van der Waals surface area contributed by atoms with Crippen LogP contribution in [-0.4, -0.2) is 51.9 Å². The zero-order valence-corrected chi connectivity index (χ0v) is 14.7. The number of rotatable bonds is 4. The average molecular weight is 375 g/mol. The number of hydrogen-bond donors (Lipinski definition) is 2. The summed E-state index contributed by atoms with van der Waals surface area (Å²) >= 11 is 0. The number of benzene rings is 1. The first-order chi connectivity index (χ1) is 12.4. The van der Waals surface area contributed by atoms with Gasteiger partial charge in [-0.25, -0.2) is 18.1 Å². The molecule has 3 heterocycles. The highest BCUT2D eigenvalue weighted by Crippen LogP contribution is 2.26. The Labute approximate surface area is 149 Å². The van der Waals surface area contributed by atoms with E-state index in [9.17, 15) is 13.5 Å². The third-order valence-corrected chi connectivity index (χ3v) is 5.82. The van der Waals surface area contributed by atoms with Crippen LogP contribution in [-0.2, 0) is 14.8 Å². The van der Waals surface area contributed by atoms with Gasteiger partial charge in [-0.05, 0) is 31.0 Å². The van der Waals surface area contributed by atoms with Crippen molar-refractivity contribution in [3.8, 4) is 17.1 Å². The fourth-order valence-electron chi connectivity index (χ4n) is 3.01. The van der Waals surface area contributed by atoms with Gasteiger partial charge in [0, 0.05) is 11.6 Å². The molecule has 2 unspecified atom stereocenters. The maximum absolute atomic E-state index is 12.5. The van der Waals surface area contributed by atoms with Crippen LogP contribution in [0.25, 0.3) is 16.8 Å². The number of fused-ring (bicyclic) bond motifs is 1. The minimum Gasteiger partial charge on any atom is -0.479 e. The van der Waals surface area contributed by atoms with Gasteiger partial charge in [0.25, 0.3) is 0 Å². The van der Waals surface area contributed by atoms with E-state index in [1.807, 2.05) is 6.92 Å². The number of sulfonamides is 1. The number of hydrogen-bond acceptors (Lipinski definition) is 7. The smallest absolute Gasteiger partial charge is 0.318 e. The van der Waals surface area contributed by atoms with Crippen LogP contribution in [0.4, 0.5) is 0 Å². The lowest BCUT2D eigenvalue weighted by Gasteiger charge is -2.12. The first-order valence-corrected chi connectivity index (χ1v) is 9.54. The monoisotopic (exact) mass is 375 g/mol. The van der Waals surface area contributed by atoms with Gasteiger partial charge < -0.3 is 9.84 Å². The first-order valence-electron chi connectivity index (χ1n) is 8.06. The largest absolute Gasteiger partial charge is 0.479 e. The van der Waals surface area contributed by atoms with Crippen LogP contribution in [0.2, 0.25) is 0 Å². The Balaban J connectivity index is 1.61. The predicted molar refractivity (Wildman–Crippen MR) is 92.0 cm³/mol. The van der Waals surface area contributed by atoms with E-state index in [1.54, 1.807) is 18.3 Å². The summed E-state index contributed by atoms with van der Waals surface area (Å²) in [6, 6.07) is 5.94. The summed E-state index contributed by atoms with van der Waals surface area (Å²) in [5.74, 6) is 0. The molecule has 1 fully saturated rings. The van der Waals surface area contributed by atoms with Gasteiger partial charge in [-0.15, -0.1) is 0 Å². The van der Waals surface area contributed by atoms with Gasteiger partial charge >= 0.3 is 6.01 Å². The second kappa shape index (κ2) is 6.31. The van der Waals surface area contributed by atoms with E-state index < -0.39 is 10.0 Å². The van der Waals surface area contributed by atoms with Crippen molar-refractivity contribution in [1.29, 1.82) is 0 Å². The number of aromatic nitrogens is 4. The van der Waals surface area contributed by atoms with Crippen molar-refractivity contribution < 1.29 is 18.3 Å². The second-order valence-corrected chi connectivity index (χ2v) is 7.90. The van der Waals surface area contributed by atoms with Crippen LogP contribution in [0, 0.1) is 0 Å². The van der Waals surface area contributed by atoms with Crippen molar-refractivity contribution in [2.24, 2.45) is 0 Å². The molecule has 1 aliphatic heterocycles. The van der Waals surface area contributed by atoms with E-state index in [1.165, 1.54) is 23.0 Å². The van der Waals surface area contributed by atoms with Gasteiger partial charge in [-0.3, -0.25) is 0 Å². The van der Waals surface area contributed by atoms with E-state index in [4.69, 9.17) is 4.74 Å². The van der Waals surface area contributed by atoms with E-state index in [0.29, 0.717) is 24.2 Å². The molecule has 4 rings (SSSR count). The summed E-state index contributed by atoms with van der Waals surface area (Å²) < 4.78 is 34.3. The molecule has 9 nitrogen and oxygen atoms in total. The molecular weight excluding hydrogens is 358 g/mol. The zero-order valence-electron chi connectivity index (χ0n) is 13.9. The first kappa shape index (κ1) is 16.9. The van der Waals surface area contributed by atoms with E-state index in [0.717, 1.165) is 5.56 Å². The van der Waals surface area contributed by atoms with Crippen molar-refractivity contribution in [1.82, 2.24) is 24.3 Å². The van der Waals surface area contributed by atoms with Crippen LogP contribution < -0.4 is 4.72 Å². The van der Waals surface area contributed by atoms with E-state index in [2.05, 4.69) is 19.8 Å². The Hall–Kier alpha value is -2.56. The number of ether oxygens (including phenoxy) is 1. The number of aromatic hydroxyl groups is 1. The molecule has 10 heteroatoms. The molecule has 0 bridgehead atoms. The fourth-order valence-corrected chi connectivity index (χ4v) is 4.24. The van der Waals surface area contributed by atoms with Crippen LogP contribution >= 0.6 is 0 Å². The molecule has 3 aromatic rings. The molecule has 0 saturated carbocycles. The number of nitrogens with one attached hydrogen (secondary N) is 1. The van der Waals surface area contributed by atoms with Gasteiger partial charge in [-0.1, -0.05) is 12.1 Å². The molecule has 0 radical (unpaired) electrons. The molecule has 0 amide bonds. The molecule has 1 saturated heterocycles. The molecule has 26 heavy (non-hydrogen) atoms. The topological polar surface area (TPSA) is 119 Å². The summed E-state index contributed by atoms with van der Waals surface area (Å²) in [6.07, 6.45) is 3.49. The van der Waals surface area contributed by atoms with Crippen LogP contribution in [0.1, 0.15) is 13.3 Å². The molecule has 2 N–H and O–H groups in total. The standard InChI is InChI=1S/C16H17N5O4S/c1-10-6-12(8-25-10)20-26(23,24)13-4-2-11(3-5-13)14-7-19-21-15(14)17-9-18-16(21)22/h2-5,7,9-10,12,20H,6,8H2,1H3,(H,17,18,22). The van der Waals surface area contributed by atoms with E-state index >= 15 is 0 Å². The Morgan fingerprint density at radius 2 is 2.04 bits per heavy atom. The minimum absolute atomic E-state index is 0.0547. The molecule has 1 aliphatic rings. The van der Waals surface area contributed by atoms with Crippen LogP contribution in [0.3, 0.4) is 0 Å². The Kier molecular flexibility index (Phi) is 4.10. The highest BCUT2D eigenvalue weighted by Gasteiger charge is 2.27. The maximum Gasteiger partial charge on any atom is 0.318 e. The lowest BCUT2D eigenvalue weighted by Crippen LogP contribution is -2.35. The van der Waals surface area contributed by atoms with Crippen molar-refractivity contribution in [3.05, 3.63) is 36.8 Å². The Morgan fingerprint density at radius 1 is 1.27 bits per heavy atom. The molecule has 2 aromatic heterocycles. The maximum atomic E-state index is 12.5. The van der Waals surface area contributed by atoms with E-state index in [-0.39, 0.29) is 23.1 Å². The SMILES string of the molecule is CC1CC(NS(=O)(=O)c2ccc(-c3cnn4c(O)ncnc34)cc2)CO1. The molecule has 136 valence electrons. The third-order valence-electron chi connectivity index (χ3n) is 4.28. The van der Waals surface area contributed by atoms with Crippen molar-refractivity contribution in [2.45, 2.75) is 30.4 Å². The van der Waals surface area contributed by atoms with Gasteiger partial charge in [-0.2, -0.15) is 14.6 Å². The van der Waals surface area contributed by atoms with Gasteiger partial charge in [0.1, 0.15) is 6.33 Å². The van der Waals surface area contributed by atoms with Gasteiger partial charge in [0.2, 0.25) is 10.0 Å².